The van der Waals surface area contributed by atoms with Crippen molar-refractivity contribution in [3.63, 3.8) is 0 Å². The fourth-order valence-corrected chi connectivity index (χ4v) is 2.45. The van der Waals surface area contributed by atoms with Crippen molar-refractivity contribution < 1.29 is 22.6 Å². The number of carbonyl (C=O) groups is 2. The van der Waals surface area contributed by atoms with Crippen molar-refractivity contribution in [1.29, 1.82) is 0 Å². The van der Waals surface area contributed by atoms with Gasteiger partial charge in [-0.25, -0.2) is 13.9 Å². The quantitative estimate of drug-likeness (QED) is 0.760. The number of nitrogens with zero attached hydrogens (tertiary/aromatic N) is 2. The van der Waals surface area contributed by atoms with Crippen LogP contribution in [0, 0.1) is 0 Å². The highest BCUT2D eigenvalue weighted by Crippen LogP contribution is 2.18. The number of aromatic nitrogens is 2. The molecule has 0 unspecified atom stereocenters. The van der Waals surface area contributed by atoms with E-state index in [1.807, 2.05) is 0 Å². The second-order valence-electron chi connectivity index (χ2n) is 4.12. The molecule has 0 radical (unpaired) electrons. The third-order valence-electron chi connectivity index (χ3n) is 2.74. The van der Waals surface area contributed by atoms with Gasteiger partial charge in [-0.15, -0.1) is 0 Å². The van der Waals surface area contributed by atoms with Gasteiger partial charge in [-0.3, -0.25) is 14.1 Å². The summed E-state index contributed by atoms with van der Waals surface area (Å²) in [5.74, 6) is -1.29. The van der Waals surface area contributed by atoms with Crippen molar-refractivity contribution in [3.05, 3.63) is 28.7 Å². The van der Waals surface area contributed by atoms with E-state index in [1.54, 1.807) is 0 Å². The monoisotopic (exact) mass is 298 g/mol. The molecule has 0 amide bonds. The Morgan fingerprint density at radius 3 is 2.00 bits per heavy atom. The van der Waals surface area contributed by atoms with Crippen molar-refractivity contribution in [1.82, 2.24) is 9.13 Å². The Hall–Kier alpha value is -2.26. The Morgan fingerprint density at radius 1 is 1.05 bits per heavy atom. The van der Waals surface area contributed by atoms with Crippen LogP contribution in [-0.4, -0.2) is 33.9 Å². The first-order valence-corrected chi connectivity index (χ1v) is 6.85. The van der Waals surface area contributed by atoms with E-state index in [-0.39, 0.29) is 11.0 Å². The molecule has 8 nitrogen and oxygen atoms in total. The first-order valence-electron chi connectivity index (χ1n) is 5.41. The molecule has 2 rings (SSSR count). The lowest BCUT2D eigenvalue weighted by Crippen LogP contribution is -2.30. The van der Waals surface area contributed by atoms with Gasteiger partial charge in [0.15, 0.2) is 0 Å². The largest absolute Gasteiger partial charge is 0.342 e. The van der Waals surface area contributed by atoms with Crippen LogP contribution in [0.2, 0.25) is 0 Å². The molecule has 1 heterocycles. The zero-order chi connectivity index (χ0) is 15.2. The average molecular weight is 298 g/mol. The highest BCUT2D eigenvalue weighted by Gasteiger charge is 2.20. The molecule has 1 aromatic heterocycles. The predicted molar refractivity (Wildman–Crippen MR) is 68.6 cm³/mol. The predicted octanol–water partition coefficient (Wildman–Crippen LogP) is 0.370. The minimum absolute atomic E-state index is 0.0622. The first kappa shape index (κ1) is 14.2. The van der Waals surface area contributed by atoms with Crippen LogP contribution in [0.3, 0.4) is 0 Å². The topological polar surface area (TPSA) is 115 Å². The van der Waals surface area contributed by atoms with Gasteiger partial charge in [0.2, 0.25) is 11.8 Å². The minimum Gasteiger partial charge on any atom is -0.282 e. The number of benzene rings is 1. The molecule has 106 valence electrons. The third kappa shape index (κ3) is 2.06. The summed E-state index contributed by atoms with van der Waals surface area (Å²) in [5.41, 5.74) is -0.856. The van der Waals surface area contributed by atoms with E-state index in [4.69, 9.17) is 4.55 Å². The van der Waals surface area contributed by atoms with Gasteiger partial charge in [-0.1, -0.05) is 0 Å². The molecule has 0 bridgehead atoms. The van der Waals surface area contributed by atoms with E-state index >= 15 is 0 Å². The van der Waals surface area contributed by atoms with E-state index in [0.717, 1.165) is 30.5 Å². The van der Waals surface area contributed by atoms with Crippen LogP contribution >= 0.6 is 0 Å². The summed E-state index contributed by atoms with van der Waals surface area (Å²) in [6.45, 7) is 2.24. The number of hydrogen-bond donors (Lipinski definition) is 1. The lowest BCUT2D eigenvalue weighted by atomic mass is 10.3. The van der Waals surface area contributed by atoms with Gasteiger partial charge in [0.05, 0.1) is 15.9 Å². The van der Waals surface area contributed by atoms with Gasteiger partial charge in [-0.2, -0.15) is 8.42 Å². The second kappa shape index (κ2) is 4.39. The van der Waals surface area contributed by atoms with Crippen molar-refractivity contribution in [2.45, 2.75) is 18.7 Å². The molecule has 0 spiro atoms. The number of hydrogen-bond acceptors (Lipinski definition) is 5. The van der Waals surface area contributed by atoms with E-state index in [2.05, 4.69) is 0 Å². The number of rotatable bonds is 1. The molecule has 1 aromatic carbocycles. The minimum atomic E-state index is -4.48. The van der Waals surface area contributed by atoms with Gasteiger partial charge in [-0.05, 0) is 18.2 Å². The summed E-state index contributed by atoms with van der Waals surface area (Å²) in [5, 5.41) is 0. The Bertz CT molecular complexity index is 903. The van der Waals surface area contributed by atoms with E-state index in [9.17, 15) is 22.8 Å². The molecular formula is C11H10N2O6S. The highest BCUT2D eigenvalue weighted by atomic mass is 32.2. The van der Waals surface area contributed by atoms with Crippen molar-refractivity contribution in [2.75, 3.05) is 0 Å². The van der Waals surface area contributed by atoms with Crippen LogP contribution < -0.4 is 5.69 Å². The lowest BCUT2D eigenvalue weighted by molar-refractivity contribution is 0.0925. The summed E-state index contributed by atoms with van der Waals surface area (Å²) >= 11 is 0. The van der Waals surface area contributed by atoms with Gasteiger partial charge in [0.25, 0.3) is 10.1 Å². The Kier molecular flexibility index (Phi) is 3.11. The molecule has 2 aromatic rings. The molecule has 0 aliphatic heterocycles. The Balaban J connectivity index is 3.03. The molecular weight excluding hydrogens is 288 g/mol. The lowest BCUT2D eigenvalue weighted by Gasteiger charge is -2.00. The zero-order valence-corrected chi connectivity index (χ0v) is 11.3. The molecule has 20 heavy (non-hydrogen) atoms. The Labute approximate surface area is 113 Å². The molecule has 0 saturated heterocycles. The second-order valence-corrected chi connectivity index (χ2v) is 5.54. The molecule has 0 aliphatic rings. The van der Waals surface area contributed by atoms with Crippen molar-refractivity contribution in [3.8, 4) is 0 Å². The van der Waals surface area contributed by atoms with Crippen LogP contribution in [0.1, 0.15) is 23.4 Å². The van der Waals surface area contributed by atoms with Crippen LogP contribution in [0.15, 0.2) is 27.9 Å². The van der Waals surface area contributed by atoms with E-state index in [0.29, 0.717) is 4.57 Å². The summed E-state index contributed by atoms with van der Waals surface area (Å²) in [6, 6.07) is 3.19. The van der Waals surface area contributed by atoms with Crippen molar-refractivity contribution >= 4 is 33.0 Å². The summed E-state index contributed by atoms with van der Waals surface area (Å²) < 4.78 is 32.6. The SMILES string of the molecule is CC(=O)n1c(=O)n(C(C)=O)c2cc(S(=O)(=O)O)ccc21. The normalized spacial score (nSPS) is 11.8. The summed E-state index contributed by atoms with van der Waals surface area (Å²) in [6.07, 6.45) is 0. The van der Waals surface area contributed by atoms with Crippen LogP contribution in [0.4, 0.5) is 0 Å². The molecule has 0 aliphatic carbocycles. The fourth-order valence-electron chi connectivity index (χ4n) is 1.95. The van der Waals surface area contributed by atoms with Crippen LogP contribution in [0.5, 0.6) is 0 Å². The van der Waals surface area contributed by atoms with Crippen LogP contribution in [0.25, 0.3) is 11.0 Å². The maximum Gasteiger partial charge on any atom is 0.342 e. The van der Waals surface area contributed by atoms with Gasteiger partial charge in [0, 0.05) is 13.8 Å². The standard InChI is InChI=1S/C11H10N2O6S/c1-6(14)12-9-4-3-8(20(17,18)19)5-10(9)13(7(2)15)11(12)16/h3-5H,1-2H3,(H,17,18,19). The molecule has 0 fully saturated rings. The molecule has 0 saturated carbocycles. The first-order chi connectivity index (χ1) is 9.14. The highest BCUT2D eigenvalue weighted by molar-refractivity contribution is 7.85. The van der Waals surface area contributed by atoms with Gasteiger partial charge >= 0.3 is 5.69 Å². The zero-order valence-electron chi connectivity index (χ0n) is 10.5. The number of fused-ring (bicyclic) bond motifs is 1. The fraction of sp³-hybridized carbons (Fsp3) is 0.182. The van der Waals surface area contributed by atoms with Crippen molar-refractivity contribution in [2.24, 2.45) is 0 Å². The van der Waals surface area contributed by atoms with E-state index < -0.39 is 32.5 Å². The maximum atomic E-state index is 12.0. The number of imidazole rings is 1. The molecule has 0 atom stereocenters. The summed E-state index contributed by atoms with van der Waals surface area (Å²) in [4.78, 5) is 34.5. The maximum absolute atomic E-state index is 12.0. The van der Waals surface area contributed by atoms with Gasteiger partial charge < -0.3 is 0 Å². The average Bonchev–Trinajstić information content (AvgIpc) is 2.58. The summed E-state index contributed by atoms with van der Waals surface area (Å²) in [7, 11) is -4.48. The third-order valence-corrected chi connectivity index (χ3v) is 3.59. The Morgan fingerprint density at radius 2 is 1.55 bits per heavy atom. The number of carbonyl (C=O) groups excluding carboxylic acids is 2. The molecule has 1 N–H and O–H groups in total. The molecule has 9 heteroatoms. The van der Waals surface area contributed by atoms with Crippen LogP contribution in [-0.2, 0) is 10.1 Å². The van der Waals surface area contributed by atoms with Gasteiger partial charge in [0.1, 0.15) is 0 Å². The smallest absolute Gasteiger partial charge is 0.282 e. The van der Waals surface area contributed by atoms with E-state index in [1.165, 1.54) is 6.07 Å².